The second kappa shape index (κ2) is 5.79. The van der Waals surface area contributed by atoms with Crippen LogP contribution in [-0.2, 0) is 4.74 Å². The standard InChI is InChI=1S/C11H18N4O2/c1-15(7-9-6-12-3-4-17-9)10-5-11(16-2)14-8-13-10/h5,8-9,12H,3-4,6-7H2,1-2H3. The summed E-state index contributed by atoms with van der Waals surface area (Å²) in [5.41, 5.74) is 0. The van der Waals surface area contributed by atoms with E-state index in [9.17, 15) is 0 Å². The minimum absolute atomic E-state index is 0.203. The number of methoxy groups -OCH3 is 1. The summed E-state index contributed by atoms with van der Waals surface area (Å²) in [7, 11) is 3.58. The van der Waals surface area contributed by atoms with Gasteiger partial charge in [-0.25, -0.2) is 9.97 Å². The quantitative estimate of drug-likeness (QED) is 0.791. The number of likely N-dealkylation sites (N-methyl/N-ethyl adjacent to an activating group) is 1. The molecular weight excluding hydrogens is 220 g/mol. The molecule has 6 nitrogen and oxygen atoms in total. The van der Waals surface area contributed by atoms with E-state index in [2.05, 4.69) is 15.3 Å². The lowest BCUT2D eigenvalue weighted by molar-refractivity contribution is 0.0339. The predicted molar refractivity (Wildman–Crippen MR) is 64.5 cm³/mol. The second-order valence-corrected chi connectivity index (χ2v) is 4.00. The summed E-state index contributed by atoms with van der Waals surface area (Å²) in [6.45, 7) is 3.38. The number of morpholine rings is 1. The summed E-state index contributed by atoms with van der Waals surface area (Å²) in [5, 5.41) is 3.31. The molecule has 1 saturated heterocycles. The predicted octanol–water partition coefficient (Wildman–Crippen LogP) is -0.0902. The summed E-state index contributed by atoms with van der Waals surface area (Å²) < 4.78 is 10.7. The Morgan fingerprint density at radius 2 is 2.47 bits per heavy atom. The molecule has 1 aromatic heterocycles. The van der Waals surface area contributed by atoms with Crippen molar-refractivity contribution in [3.63, 3.8) is 0 Å². The van der Waals surface area contributed by atoms with Gasteiger partial charge in [-0.1, -0.05) is 0 Å². The van der Waals surface area contributed by atoms with Crippen molar-refractivity contribution in [1.82, 2.24) is 15.3 Å². The van der Waals surface area contributed by atoms with Gasteiger partial charge in [0.25, 0.3) is 0 Å². The van der Waals surface area contributed by atoms with Crippen LogP contribution in [0.15, 0.2) is 12.4 Å². The van der Waals surface area contributed by atoms with Gasteiger partial charge in [0.1, 0.15) is 12.1 Å². The maximum Gasteiger partial charge on any atom is 0.218 e. The molecule has 1 fully saturated rings. The zero-order chi connectivity index (χ0) is 12.1. The molecular formula is C11H18N4O2. The van der Waals surface area contributed by atoms with Gasteiger partial charge in [-0.2, -0.15) is 0 Å². The van der Waals surface area contributed by atoms with Crippen LogP contribution in [0.25, 0.3) is 0 Å². The van der Waals surface area contributed by atoms with E-state index in [1.807, 2.05) is 18.0 Å². The van der Waals surface area contributed by atoms with E-state index in [1.165, 1.54) is 6.33 Å². The average molecular weight is 238 g/mol. The fraction of sp³-hybridized carbons (Fsp3) is 0.636. The molecule has 0 radical (unpaired) electrons. The Morgan fingerprint density at radius 1 is 1.59 bits per heavy atom. The molecule has 6 heteroatoms. The maximum atomic E-state index is 5.65. The largest absolute Gasteiger partial charge is 0.481 e. The van der Waals surface area contributed by atoms with E-state index in [4.69, 9.17) is 9.47 Å². The van der Waals surface area contributed by atoms with Crippen LogP contribution in [0.2, 0.25) is 0 Å². The van der Waals surface area contributed by atoms with Gasteiger partial charge in [-0.3, -0.25) is 0 Å². The highest BCUT2D eigenvalue weighted by Gasteiger charge is 2.16. The lowest BCUT2D eigenvalue weighted by atomic mass is 10.3. The minimum Gasteiger partial charge on any atom is -0.481 e. The van der Waals surface area contributed by atoms with Gasteiger partial charge in [-0.15, -0.1) is 0 Å². The van der Waals surface area contributed by atoms with E-state index in [-0.39, 0.29) is 6.10 Å². The average Bonchev–Trinajstić information content (AvgIpc) is 2.40. The first-order valence-corrected chi connectivity index (χ1v) is 5.69. The lowest BCUT2D eigenvalue weighted by Gasteiger charge is -2.28. The first kappa shape index (κ1) is 12.1. The molecule has 0 spiro atoms. The molecule has 17 heavy (non-hydrogen) atoms. The van der Waals surface area contributed by atoms with Crippen LogP contribution in [0.4, 0.5) is 5.82 Å². The number of hydrogen-bond donors (Lipinski definition) is 1. The van der Waals surface area contributed by atoms with Crippen molar-refractivity contribution in [3.05, 3.63) is 12.4 Å². The number of nitrogens with one attached hydrogen (secondary N) is 1. The maximum absolute atomic E-state index is 5.65. The molecule has 1 unspecified atom stereocenters. The molecule has 0 aromatic carbocycles. The number of ether oxygens (including phenoxy) is 2. The van der Waals surface area contributed by atoms with E-state index in [1.54, 1.807) is 7.11 Å². The van der Waals surface area contributed by atoms with Crippen molar-refractivity contribution in [2.75, 3.05) is 45.3 Å². The van der Waals surface area contributed by atoms with E-state index >= 15 is 0 Å². The molecule has 1 aliphatic heterocycles. The molecule has 0 bridgehead atoms. The SMILES string of the molecule is COc1cc(N(C)CC2CNCCO2)ncn1. The Labute approximate surface area is 101 Å². The van der Waals surface area contributed by atoms with Crippen LogP contribution in [0.5, 0.6) is 5.88 Å². The summed E-state index contributed by atoms with van der Waals surface area (Å²) in [6, 6.07) is 1.82. The second-order valence-electron chi connectivity index (χ2n) is 4.00. The fourth-order valence-corrected chi connectivity index (χ4v) is 1.79. The summed E-state index contributed by atoms with van der Waals surface area (Å²) in [4.78, 5) is 10.2. The molecule has 1 aromatic rings. The fourth-order valence-electron chi connectivity index (χ4n) is 1.79. The molecule has 2 heterocycles. The Balaban J connectivity index is 1.95. The zero-order valence-electron chi connectivity index (χ0n) is 10.2. The molecule has 94 valence electrons. The Hall–Kier alpha value is -1.40. The van der Waals surface area contributed by atoms with Crippen LogP contribution in [0.3, 0.4) is 0 Å². The van der Waals surface area contributed by atoms with Crippen molar-refractivity contribution in [2.24, 2.45) is 0 Å². The van der Waals surface area contributed by atoms with Gasteiger partial charge in [0.05, 0.1) is 19.8 Å². The van der Waals surface area contributed by atoms with Crippen molar-refractivity contribution in [2.45, 2.75) is 6.10 Å². The topological polar surface area (TPSA) is 59.5 Å². The van der Waals surface area contributed by atoms with E-state index in [0.717, 1.165) is 32.1 Å². The third kappa shape index (κ3) is 3.28. The van der Waals surface area contributed by atoms with Crippen LogP contribution in [0.1, 0.15) is 0 Å². The zero-order valence-corrected chi connectivity index (χ0v) is 10.2. The minimum atomic E-state index is 0.203. The Kier molecular flexibility index (Phi) is 4.11. The lowest BCUT2D eigenvalue weighted by Crippen LogP contribution is -2.44. The molecule has 1 aliphatic rings. The van der Waals surface area contributed by atoms with Gasteiger partial charge in [0.15, 0.2) is 0 Å². The van der Waals surface area contributed by atoms with E-state index in [0.29, 0.717) is 5.88 Å². The monoisotopic (exact) mass is 238 g/mol. The van der Waals surface area contributed by atoms with Crippen molar-refractivity contribution in [1.29, 1.82) is 0 Å². The summed E-state index contributed by atoms with van der Waals surface area (Å²) in [6.07, 6.45) is 1.71. The highest BCUT2D eigenvalue weighted by Crippen LogP contribution is 2.14. The molecule has 2 rings (SSSR count). The third-order valence-electron chi connectivity index (χ3n) is 2.71. The normalized spacial score (nSPS) is 20.0. The molecule has 0 saturated carbocycles. The molecule has 0 aliphatic carbocycles. The van der Waals surface area contributed by atoms with Gasteiger partial charge in [0, 0.05) is 32.7 Å². The van der Waals surface area contributed by atoms with Gasteiger partial charge in [-0.05, 0) is 0 Å². The number of rotatable bonds is 4. The van der Waals surface area contributed by atoms with Crippen molar-refractivity contribution in [3.8, 4) is 5.88 Å². The summed E-state index contributed by atoms with van der Waals surface area (Å²) >= 11 is 0. The molecule has 1 atom stereocenters. The van der Waals surface area contributed by atoms with Crippen LogP contribution in [0, 0.1) is 0 Å². The van der Waals surface area contributed by atoms with Gasteiger partial charge < -0.3 is 19.7 Å². The van der Waals surface area contributed by atoms with E-state index < -0.39 is 0 Å². The van der Waals surface area contributed by atoms with Crippen molar-refractivity contribution >= 4 is 5.82 Å². The Morgan fingerprint density at radius 3 is 3.18 bits per heavy atom. The highest BCUT2D eigenvalue weighted by atomic mass is 16.5. The van der Waals surface area contributed by atoms with Gasteiger partial charge >= 0.3 is 0 Å². The number of nitrogens with zero attached hydrogens (tertiary/aromatic N) is 3. The van der Waals surface area contributed by atoms with Crippen LogP contribution < -0.4 is 15.0 Å². The number of aromatic nitrogens is 2. The highest BCUT2D eigenvalue weighted by molar-refractivity contribution is 5.39. The number of hydrogen-bond acceptors (Lipinski definition) is 6. The smallest absolute Gasteiger partial charge is 0.218 e. The van der Waals surface area contributed by atoms with Crippen molar-refractivity contribution < 1.29 is 9.47 Å². The summed E-state index contributed by atoms with van der Waals surface area (Å²) in [5.74, 6) is 1.41. The molecule has 1 N–H and O–H groups in total. The van der Waals surface area contributed by atoms with Gasteiger partial charge in [0.2, 0.25) is 5.88 Å². The number of anilines is 1. The first-order valence-electron chi connectivity index (χ1n) is 5.69. The third-order valence-corrected chi connectivity index (χ3v) is 2.71. The van der Waals surface area contributed by atoms with Crippen LogP contribution >= 0.6 is 0 Å². The molecule has 0 amide bonds. The van der Waals surface area contributed by atoms with Crippen LogP contribution in [-0.4, -0.2) is 56.5 Å². The first-order chi connectivity index (χ1) is 8.29. The Bertz CT molecular complexity index is 355.